The second-order valence-electron chi connectivity index (χ2n) is 5.57. The highest BCUT2D eigenvalue weighted by atomic mass is 32.1. The summed E-state index contributed by atoms with van der Waals surface area (Å²) < 4.78 is 10.2. The van der Waals surface area contributed by atoms with E-state index in [0.717, 1.165) is 23.9 Å². The molecule has 9 nitrogen and oxygen atoms in total. The van der Waals surface area contributed by atoms with Crippen molar-refractivity contribution in [2.75, 3.05) is 19.5 Å². The summed E-state index contributed by atoms with van der Waals surface area (Å²) >= 11 is 1.26. The topological polar surface area (TPSA) is 116 Å². The van der Waals surface area contributed by atoms with Gasteiger partial charge >= 0.3 is 0 Å². The number of carbonyl (C=O) groups is 1. The number of ether oxygens (including phenoxy) is 2. The number of methoxy groups -OCH3 is 2. The first-order valence-electron chi connectivity index (χ1n) is 7.96. The Bertz CT molecular complexity index is 808. The number of hydrogen-bond acceptors (Lipinski definition) is 8. The number of amides is 1. The monoisotopic (exact) mass is 380 g/mol. The maximum absolute atomic E-state index is 12.5. The Morgan fingerprint density at radius 3 is 2.54 bits per heavy atom. The molecule has 1 atom stereocenters. The number of benzene rings is 1. The Kier molecular flexibility index (Phi) is 6.45. The molecule has 0 radical (unpaired) electrons. The normalized spacial score (nSPS) is 11.7. The molecule has 0 bridgehead atoms. The van der Waals surface area contributed by atoms with E-state index < -0.39 is 10.8 Å². The second kappa shape index (κ2) is 8.56. The Hall–Kier alpha value is -2.75. The highest BCUT2D eigenvalue weighted by molar-refractivity contribution is 7.15. The first kappa shape index (κ1) is 19.6. The molecule has 1 aromatic carbocycles. The van der Waals surface area contributed by atoms with Crippen molar-refractivity contribution in [1.29, 1.82) is 0 Å². The van der Waals surface area contributed by atoms with E-state index in [9.17, 15) is 14.9 Å². The summed E-state index contributed by atoms with van der Waals surface area (Å²) in [5.74, 6) is -0.0396. The van der Waals surface area contributed by atoms with Gasteiger partial charge in [0.1, 0.15) is 10.6 Å². The van der Waals surface area contributed by atoms with E-state index in [1.54, 1.807) is 0 Å². The quantitative estimate of drug-likeness (QED) is 0.549. The van der Waals surface area contributed by atoms with E-state index in [-0.39, 0.29) is 33.8 Å². The lowest BCUT2D eigenvalue weighted by Gasteiger charge is -2.10. The van der Waals surface area contributed by atoms with Gasteiger partial charge in [0, 0.05) is 12.0 Å². The van der Waals surface area contributed by atoms with Crippen LogP contribution in [0.5, 0.6) is 11.5 Å². The van der Waals surface area contributed by atoms with Crippen LogP contribution in [-0.4, -0.2) is 35.2 Å². The van der Waals surface area contributed by atoms with Crippen molar-refractivity contribution in [1.82, 2.24) is 10.2 Å². The van der Waals surface area contributed by atoms with Crippen molar-refractivity contribution in [2.24, 2.45) is 0 Å². The fourth-order valence-corrected chi connectivity index (χ4v) is 3.23. The zero-order valence-electron chi connectivity index (χ0n) is 14.9. The maximum atomic E-state index is 12.5. The van der Waals surface area contributed by atoms with Crippen LogP contribution in [0.3, 0.4) is 0 Å². The lowest BCUT2D eigenvalue weighted by atomic mass is 10.1. The zero-order chi connectivity index (χ0) is 19.3. The molecule has 26 heavy (non-hydrogen) atoms. The molecule has 2 aromatic rings. The molecule has 0 fully saturated rings. The molecular formula is C16H20N4O5S. The van der Waals surface area contributed by atoms with E-state index in [1.807, 2.05) is 6.92 Å². The molecule has 140 valence electrons. The van der Waals surface area contributed by atoms with Crippen molar-refractivity contribution >= 4 is 28.1 Å². The minimum atomic E-state index is -0.663. The predicted molar refractivity (Wildman–Crippen MR) is 97.4 cm³/mol. The molecule has 1 aromatic heterocycles. The summed E-state index contributed by atoms with van der Waals surface area (Å²) in [5, 5.41) is 23.0. The Morgan fingerprint density at radius 2 is 1.96 bits per heavy atom. The van der Waals surface area contributed by atoms with Gasteiger partial charge in [0.2, 0.25) is 5.13 Å². The van der Waals surface area contributed by atoms with Crippen molar-refractivity contribution in [2.45, 2.75) is 32.6 Å². The van der Waals surface area contributed by atoms with Crippen LogP contribution in [0.15, 0.2) is 12.1 Å². The van der Waals surface area contributed by atoms with Crippen LogP contribution >= 0.6 is 11.3 Å². The molecule has 0 aliphatic heterocycles. The van der Waals surface area contributed by atoms with Crippen LogP contribution < -0.4 is 14.8 Å². The average Bonchev–Trinajstić information content (AvgIpc) is 3.09. The molecule has 1 N–H and O–H groups in total. The molecule has 0 saturated heterocycles. The third kappa shape index (κ3) is 4.26. The molecule has 0 spiro atoms. The molecular weight excluding hydrogens is 360 g/mol. The summed E-state index contributed by atoms with van der Waals surface area (Å²) in [7, 11) is 2.75. The largest absolute Gasteiger partial charge is 0.493 e. The minimum absolute atomic E-state index is 0.147. The number of nitro groups is 1. The van der Waals surface area contributed by atoms with Gasteiger partial charge in [0.25, 0.3) is 11.6 Å². The zero-order valence-corrected chi connectivity index (χ0v) is 15.8. The van der Waals surface area contributed by atoms with E-state index in [4.69, 9.17) is 9.47 Å². The SMILES string of the molecule is CCCC(C)c1nnc(NC(=O)c2cc(OC)c(OC)cc2[N+](=O)[O-])s1. The lowest BCUT2D eigenvalue weighted by molar-refractivity contribution is -0.385. The van der Waals surface area contributed by atoms with Gasteiger partial charge in [-0.2, -0.15) is 0 Å². The lowest BCUT2D eigenvalue weighted by Crippen LogP contribution is -2.14. The summed E-state index contributed by atoms with van der Waals surface area (Å²) in [6.07, 6.45) is 1.98. The number of nitrogens with zero attached hydrogens (tertiary/aromatic N) is 3. The van der Waals surface area contributed by atoms with E-state index in [0.29, 0.717) is 0 Å². The molecule has 0 aliphatic carbocycles. The highest BCUT2D eigenvalue weighted by Crippen LogP contribution is 2.35. The maximum Gasteiger partial charge on any atom is 0.286 e. The molecule has 1 unspecified atom stereocenters. The van der Waals surface area contributed by atoms with Crippen molar-refractivity contribution in [3.05, 3.63) is 32.8 Å². The standard InChI is InChI=1S/C16H20N4O5S/c1-5-6-9(2)15-18-19-16(26-15)17-14(21)10-7-12(24-3)13(25-4)8-11(10)20(22)23/h7-9H,5-6H2,1-4H3,(H,17,19,21). The summed E-state index contributed by atoms with van der Waals surface area (Å²) in [5.41, 5.74) is -0.532. The first-order valence-corrected chi connectivity index (χ1v) is 8.78. The van der Waals surface area contributed by atoms with Crippen molar-refractivity contribution in [3.63, 3.8) is 0 Å². The van der Waals surface area contributed by atoms with Crippen molar-refractivity contribution < 1.29 is 19.2 Å². The van der Waals surface area contributed by atoms with Crippen LogP contribution in [0.25, 0.3) is 0 Å². The number of aromatic nitrogens is 2. The van der Waals surface area contributed by atoms with E-state index in [2.05, 4.69) is 22.4 Å². The summed E-state index contributed by atoms with van der Waals surface area (Å²) in [6.45, 7) is 4.12. The Balaban J connectivity index is 2.30. The smallest absolute Gasteiger partial charge is 0.286 e. The van der Waals surface area contributed by atoms with Gasteiger partial charge < -0.3 is 9.47 Å². The average molecular weight is 380 g/mol. The number of nitro benzene ring substituents is 1. The minimum Gasteiger partial charge on any atom is -0.493 e. The van der Waals surface area contributed by atoms with Gasteiger partial charge in [-0.05, 0) is 6.42 Å². The number of carbonyl (C=O) groups excluding carboxylic acids is 1. The van der Waals surface area contributed by atoms with Crippen LogP contribution in [0, 0.1) is 10.1 Å². The molecule has 10 heteroatoms. The van der Waals surface area contributed by atoms with Crippen molar-refractivity contribution in [3.8, 4) is 11.5 Å². The summed E-state index contributed by atoms with van der Waals surface area (Å²) in [6, 6.07) is 2.43. The fraction of sp³-hybridized carbons (Fsp3) is 0.438. The van der Waals surface area contributed by atoms with Crippen LogP contribution in [-0.2, 0) is 0 Å². The molecule has 0 aliphatic rings. The van der Waals surface area contributed by atoms with Gasteiger partial charge in [-0.25, -0.2) is 0 Å². The van der Waals surface area contributed by atoms with Gasteiger partial charge in [-0.1, -0.05) is 31.6 Å². The summed E-state index contributed by atoms with van der Waals surface area (Å²) in [4.78, 5) is 23.2. The number of anilines is 1. The third-order valence-corrected chi connectivity index (χ3v) is 4.82. The van der Waals surface area contributed by atoms with E-state index in [1.165, 1.54) is 31.6 Å². The number of nitrogens with one attached hydrogen (secondary N) is 1. The van der Waals surface area contributed by atoms with Gasteiger partial charge in [-0.3, -0.25) is 20.2 Å². The van der Waals surface area contributed by atoms with Crippen LogP contribution in [0.4, 0.5) is 10.8 Å². The first-order chi connectivity index (χ1) is 12.4. The Morgan fingerprint density at radius 1 is 1.31 bits per heavy atom. The number of rotatable bonds is 8. The van der Waals surface area contributed by atoms with E-state index >= 15 is 0 Å². The molecule has 1 amide bonds. The van der Waals surface area contributed by atoms with Crippen LogP contribution in [0.1, 0.15) is 48.0 Å². The van der Waals surface area contributed by atoms with Gasteiger partial charge in [0.15, 0.2) is 11.5 Å². The van der Waals surface area contributed by atoms with Gasteiger partial charge in [0.05, 0.1) is 25.2 Å². The third-order valence-electron chi connectivity index (χ3n) is 3.75. The Labute approximate surface area is 154 Å². The van der Waals surface area contributed by atoms with Gasteiger partial charge in [-0.15, -0.1) is 10.2 Å². The highest BCUT2D eigenvalue weighted by Gasteiger charge is 2.25. The second-order valence-corrected chi connectivity index (χ2v) is 6.58. The van der Waals surface area contributed by atoms with Crippen LogP contribution in [0.2, 0.25) is 0 Å². The molecule has 0 saturated carbocycles. The fourth-order valence-electron chi connectivity index (χ4n) is 2.41. The predicted octanol–water partition coefficient (Wildman–Crippen LogP) is 3.62. The molecule has 1 heterocycles. The number of hydrogen-bond donors (Lipinski definition) is 1. The molecule has 2 rings (SSSR count).